The summed E-state index contributed by atoms with van der Waals surface area (Å²) in [5.41, 5.74) is 5.52. The fourth-order valence-corrected chi connectivity index (χ4v) is 2.01. The Morgan fingerprint density at radius 3 is 2.33 bits per heavy atom. The van der Waals surface area contributed by atoms with Gasteiger partial charge in [0.2, 0.25) is 0 Å². The van der Waals surface area contributed by atoms with E-state index in [1.165, 1.54) is 12.1 Å². The van der Waals surface area contributed by atoms with Crippen molar-refractivity contribution in [2.75, 3.05) is 11.1 Å². The largest absolute Gasteiger partial charge is 0.416 e. The first-order valence-electron chi connectivity index (χ1n) is 6.26. The topological polar surface area (TPSA) is 38.0 Å². The number of hydrogen-bond acceptors (Lipinski definition) is 2. The van der Waals surface area contributed by atoms with Crippen molar-refractivity contribution in [2.24, 2.45) is 0 Å². The van der Waals surface area contributed by atoms with Crippen LogP contribution >= 0.6 is 0 Å². The summed E-state index contributed by atoms with van der Waals surface area (Å²) in [6, 6.07) is 8.80. The number of alkyl halides is 3. The van der Waals surface area contributed by atoms with Crippen molar-refractivity contribution in [3.05, 3.63) is 59.4 Å². The fraction of sp³-hybridized carbons (Fsp3) is 0.200. The molecule has 0 saturated heterocycles. The maximum atomic E-state index is 13.6. The number of nitrogens with two attached hydrogens (primary N) is 1. The highest BCUT2D eigenvalue weighted by Gasteiger charge is 2.30. The number of nitrogens with one attached hydrogen (secondary N) is 1. The SMILES string of the molecule is CC(Nc1ccc(C(F)(F)F)cc1N)c1ccccc1F. The summed E-state index contributed by atoms with van der Waals surface area (Å²) in [6.45, 7) is 1.70. The molecule has 3 N–H and O–H groups in total. The van der Waals surface area contributed by atoms with Crippen LogP contribution < -0.4 is 11.1 Å². The molecule has 2 aromatic carbocycles. The van der Waals surface area contributed by atoms with Gasteiger partial charge in [0.05, 0.1) is 23.0 Å². The van der Waals surface area contributed by atoms with Crippen LogP contribution in [0.25, 0.3) is 0 Å². The zero-order valence-electron chi connectivity index (χ0n) is 11.2. The Morgan fingerprint density at radius 1 is 1.10 bits per heavy atom. The van der Waals surface area contributed by atoms with Crippen LogP contribution in [-0.2, 0) is 6.18 Å². The van der Waals surface area contributed by atoms with E-state index in [0.29, 0.717) is 11.3 Å². The molecule has 0 spiro atoms. The lowest BCUT2D eigenvalue weighted by Gasteiger charge is -2.18. The van der Waals surface area contributed by atoms with Crippen molar-refractivity contribution in [2.45, 2.75) is 19.1 Å². The summed E-state index contributed by atoms with van der Waals surface area (Å²) in [6.07, 6.45) is -4.44. The van der Waals surface area contributed by atoms with Gasteiger partial charge >= 0.3 is 6.18 Å². The van der Waals surface area contributed by atoms with Crippen molar-refractivity contribution in [1.82, 2.24) is 0 Å². The van der Waals surface area contributed by atoms with Gasteiger partial charge in [-0.25, -0.2) is 4.39 Å². The van der Waals surface area contributed by atoms with Gasteiger partial charge in [-0.05, 0) is 31.2 Å². The predicted molar refractivity (Wildman–Crippen MR) is 74.3 cm³/mol. The Morgan fingerprint density at radius 2 is 1.76 bits per heavy atom. The molecule has 2 nitrogen and oxygen atoms in total. The molecule has 0 heterocycles. The van der Waals surface area contributed by atoms with E-state index in [1.807, 2.05) is 0 Å². The van der Waals surface area contributed by atoms with Crippen molar-refractivity contribution in [3.8, 4) is 0 Å². The van der Waals surface area contributed by atoms with Gasteiger partial charge in [-0.2, -0.15) is 13.2 Å². The van der Waals surface area contributed by atoms with E-state index in [2.05, 4.69) is 5.32 Å². The molecule has 112 valence electrons. The quantitative estimate of drug-likeness (QED) is 0.642. The fourth-order valence-electron chi connectivity index (χ4n) is 2.01. The van der Waals surface area contributed by atoms with Crippen LogP contribution in [0, 0.1) is 5.82 Å². The minimum Gasteiger partial charge on any atom is -0.397 e. The third kappa shape index (κ3) is 3.45. The first-order chi connectivity index (χ1) is 9.79. The van der Waals surface area contributed by atoms with Crippen molar-refractivity contribution >= 4 is 11.4 Å². The Balaban J connectivity index is 2.23. The molecule has 0 fully saturated rings. The first-order valence-corrected chi connectivity index (χ1v) is 6.26. The van der Waals surface area contributed by atoms with E-state index >= 15 is 0 Å². The van der Waals surface area contributed by atoms with Crippen LogP contribution in [-0.4, -0.2) is 0 Å². The van der Waals surface area contributed by atoms with Crippen molar-refractivity contribution in [3.63, 3.8) is 0 Å². The first kappa shape index (κ1) is 15.2. The molecule has 0 bridgehead atoms. The molecule has 6 heteroatoms. The minimum atomic E-state index is -4.44. The Labute approximate surface area is 119 Å². The standard InChI is InChI=1S/C15H14F4N2/c1-9(11-4-2-3-5-12(11)16)21-14-7-6-10(8-13(14)20)15(17,18)19/h2-9,21H,20H2,1H3. The molecule has 1 atom stereocenters. The predicted octanol–water partition coefficient (Wildman–Crippen LogP) is 4.60. The van der Waals surface area contributed by atoms with Gasteiger partial charge in [0.15, 0.2) is 0 Å². The maximum absolute atomic E-state index is 13.6. The highest BCUT2D eigenvalue weighted by Crippen LogP contribution is 2.34. The van der Waals surface area contributed by atoms with Crippen LogP contribution in [0.5, 0.6) is 0 Å². The van der Waals surface area contributed by atoms with Crippen LogP contribution in [0.2, 0.25) is 0 Å². The van der Waals surface area contributed by atoms with Gasteiger partial charge in [0, 0.05) is 5.56 Å². The lowest BCUT2D eigenvalue weighted by molar-refractivity contribution is -0.137. The van der Waals surface area contributed by atoms with Gasteiger partial charge in [-0.1, -0.05) is 18.2 Å². The second kappa shape index (κ2) is 5.63. The van der Waals surface area contributed by atoms with E-state index in [9.17, 15) is 17.6 Å². The van der Waals surface area contributed by atoms with Gasteiger partial charge in [0.25, 0.3) is 0 Å². The number of benzene rings is 2. The zero-order valence-corrected chi connectivity index (χ0v) is 11.2. The summed E-state index contributed by atoms with van der Waals surface area (Å²) in [5.74, 6) is -0.386. The summed E-state index contributed by atoms with van der Waals surface area (Å²) in [5, 5.41) is 2.91. The number of anilines is 2. The molecule has 21 heavy (non-hydrogen) atoms. The molecule has 0 aliphatic heterocycles. The zero-order chi connectivity index (χ0) is 15.6. The maximum Gasteiger partial charge on any atom is 0.416 e. The average Bonchev–Trinajstić information content (AvgIpc) is 2.40. The lowest BCUT2D eigenvalue weighted by atomic mass is 10.1. The molecule has 0 aromatic heterocycles. The second-order valence-corrected chi connectivity index (χ2v) is 4.69. The van der Waals surface area contributed by atoms with Crippen LogP contribution in [0.15, 0.2) is 42.5 Å². The van der Waals surface area contributed by atoms with Crippen molar-refractivity contribution in [1.29, 1.82) is 0 Å². The van der Waals surface area contributed by atoms with Gasteiger partial charge in [0.1, 0.15) is 5.82 Å². The van der Waals surface area contributed by atoms with E-state index < -0.39 is 17.8 Å². The Hall–Kier alpha value is -2.24. The number of nitrogen functional groups attached to an aromatic ring is 1. The molecule has 2 aromatic rings. The van der Waals surface area contributed by atoms with Gasteiger partial charge in [-0.3, -0.25) is 0 Å². The normalized spacial score (nSPS) is 13.0. The second-order valence-electron chi connectivity index (χ2n) is 4.69. The van der Waals surface area contributed by atoms with E-state index in [0.717, 1.165) is 12.1 Å². The molecule has 0 aliphatic carbocycles. The molecular formula is C15H14F4N2. The van der Waals surface area contributed by atoms with E-state index in [4.69, 9.17) is 5.73 Å². The molecule has 2 rings (SSSR count). The molecule has 0 amide bonds. The third-order valence-electron chi connectivity index (χ3n) is 3.12. The summed E-state index contributed by atoms with van der Waals surface area (Å²) < 4.78 is 51.3. The summed E-state index contributed by atoms with van der Waals surface area (Å²) in [7, 11) is 0. The lowest BCUT2D eigenvalue weighted by Crippen LogP contribution is -2.11. The van der Waals surface area contributed by atoms with Crippen LogP contribution in [0.1, 0.15) is 24.1 Å². The molecule has 0 radical (unpaired) electrons. The highest BCUT2D eigenvalue weighted by molar-refractivity contribution is 5.67. The molecular weight excluding hydrogens is 284 g/mol. The van der Waals surface area contributed by atoms with Crippen molar-refractivity contribution < 1.29 is 17.6 Å². The minimum absolute atomic E-state index is 0.0342. The number of halogens is 4. The van der Waals surface area contributed by atoms with Crippen LogP contribution in [0.4, 0.5) is 28.9 Å². The van der Waals surface area contributed by atoms with Gasteiger partial charge in [-0.15, -0.1) is 0 Å². The number of hydrogen-bond donors (Lipinski definition) is 2. The van der Waals surface area contributed by atoms with E-state index in [-0.39, 0.29) is 11.5 Å². The third-order valence-corrected chi connectivity index (χ3v) is 3.12. The summed E-state index contributed by atoms with van der Waals surface area (Å²) >= 11 is 0. The monoisotopic (exact) mass is 298 g/mol. The van der Waals surface area contributed by atoms with Crippen LogP contribution in [0.3, 0.4) is 0 Å². The van der Waals surface area contributed by atoms with Gasteiger partial charge < -0.3 is 11.1 Å². The average molecular weight is 298 g/mol. The number of rotatable bonds is 3. The molecule has 0 aliphatic rings. The van der Waals surface area contributed by atoms with E-state index in [1.54, 1.807) is 25.1 Å². The Bertz CT molecular complexity index is 638. The highest BCUT2D eigenvalue weighted by atomic mass is 19.4. The Kier molecular flexibility index (Phi) is 4.06. The smallest absolute Gasteiger partial charge is 0.397 e. The molecule has 1 unspecified atom stereocenters. The summed E-state index contributed by atoms with van der Waals surface area (Å²) in [4.78, 5) is 0. The molecule has 0 saturated carbocycles.